The highest BCUT2D eigenvalue weighted by molar-refractivity contribution is 7.92. The molecule has 0 aliphatic carbocycles. The third-order valence-corrected chi connectivity index (χ3v) is 7.91. The molecule has 3 rings (SSSR count). The monoisotopic (exact) mass is 444 g/mol. The first-order valence-electron chi connectivity index (χ1n) is 9.41. The van der Waals surface area contributed by atoms with Gasteiger partial charge in [-0.05, 0) is 50.2 Å². The van der Waals surface area contributed by atoms with Gasteiger partial charge >= 0.3 is 0 Å². The zero-order valence-corrected chi connectivity index (χ0v) is 18.4. The van der Waals surface area contributed by atoms with E-state index in [0.29, 0.717) is 5.69 Å². The second-order valence-corrected chi connectivity index (χ2v) is 10.6. The number of hydrogen-bond donors (Lipinski definition) is 1. The van der Waals surface area contributed by atoms with Crippen LogP contribution < -0.4 is 9.03 Å². The maximum absolute atomic E-state index is 13.3. The predicted molar refractivity (Wildman–Crippen MR) is 119 cm³/mol. The minimum Gasteiger partial charge on any atom is -0.265 e. The molecule has 0 spiro atoms. The van der Waals surface area contributed by atoms with Crippen molar-refractivity contribution >= 4 is 25.7 Å². The highest BCUT2D eigenvalue weighted by atomic mass is 32.2. The van der Waals surface area contributed by atoms with Crippen LogP contribution in [-0.4, -0.2) is 29.9 Å². The van der Waals surface area contributed by atoms with Crippen LogP contribution >= 0.6 is 0 Å². The van der Waals surface area contributed by atoms with Crippen molar-refractivity contribution in [2.24, 2.45) is 0 Å². The molecule has 0 bridgehead atoms. The molecule has 3 aromatic rings. The summed E-state index contributed by atoms with van der Waals surface area (Å²) in [6.07, 6.45) is 0. The number of rotatable bonds is 8. The quantitative estimate of drug-likeness (QED) is 0.577. The van der Waals surface area contributed by atoms with Gasteiger partial charge in [-0.25, -0.2) is 21.6 Å². The molecular formula is C22H24N2O4S2. The van der Waals surface area contributed by atoms with Gasteiger partial charge in [0, 0.05) is 13.1 Å². The lowest BCUT2D eigenvalue weighted by Gasteiger charge is -2.24. The van der Waals surface area contributed by atoms with Crippen LogP contribution in [-0.2, 0) is 20.0 Å². The fourth-order valence-corrected chi connectivity index (χ4v) is 5.39. The fourth-order valence-electron chi connectivity index (χ4n) is 2.90. The largest absolute Gasteiger partial charge is 0.265 e. The van der Waals surface area contributed by atoms with E-state index in [1.165, 1.54) is 16.4 Å². The van der Waals surface area contributed by atoms with E-state index in [1.54, 1.807) is 66.7 Å². The van der Waals surface area contributed by atoms with E-state index in [2.05, 4.69) is 4.72 Å². The lowest BCUT2D eigenvalue weighted by Crippen LogP contribution is -2.38. The smallest absolute Gasteiger partial charge is 0.264 e. The molecule has 0 saturated heterocycles. The van der Waals surface area contributed by atoms with Gasteiger partial charge < -0.3 is 0 Å². The molecule has 1 N–H and O–H groups in total. The van der Waals surface area contributed by atoms with Crippen LogP contribution in [0.25, 0.3) is 0 Å². The van der Waals surface area contributed by atoms with Crippen LogP contribution in [0.1, 0.15) is 11.1 Å². The van der Waals surface area contributed by atoms with Crippen molar-refractivity contribution < 1.29 is 16.8 Å². The average Bonchev–Trinajstić information content (AvgIpc) is 2.72. The number of benzene rings is 3. The number of nitrogens with zero attached hydrogens (tertiary/aromatic N) is 1. The van der Waals surface area contributed by atoms with Crippen molar-refractivity contribution in [1.82, 2.24) is 4.72 Å². The molecule has 6 nitrogen and oxygen atoms in total. The first kappa shape index (κ1) is 22.0. The van der Waals surface area contributed by atoms with E-state index < -0.39 is 20.0 Å². The van der Waals surface area contributed by atoms with Crippen molar-refractivity contribution in [3.05, 3.63) is 90.0 Å². The van der Waals surface area contributed by atoms with Gasteiger partial charge in [0.25, 0.3) is 10.0 Å². The Morgan fingerprint density at radius 3 is 1.73 bits per heavy atom. The molecule has 0 aliphatic heterocycles. The lowest BCUT2D eigenvalue weighted by molar-refractivity contribution is 0.577. The van der Waals surface area contributed by atoms with E-state index >= 15 is 0 Å². The zero-order valence-electron chi connectivity index (χ0n) is 16.8. The van der Waals surface area contributed by atoms with Crippen molar-refractivity contribution in [2.45, 2.75) is 23.6 Å². The number of aryl methyl sites for hydroxylation is 2. The number of nitrogens with one attached hydrogen (secondary N) is 1. The van der Waals surface area contributed by atoms with Crippen LogP contribution in [0.5, 0.6) is 0 Å². The lowest BCUT2D eigenvalue weighted by atomic mass is 10.2. The summed E-state index contributed by atoms with van der Waals surface area (Å²) >= 11 is 0. The summed E-state index contributed by atoms with van der Waals surface area (Å²) < 4.78 is 55.3. The summed E-state index contributed by atoms with van der Waals surface area (Å²) in [7, 11) is -7.60. The maximum atomic E-state index is 13.3. The Hall–Kier alpha value is -2.68. The molecule has 8 heteroatoms. The van der Waals surface area contributed by atoms with Gasteiger partial charge in [0.15, 0.2) is 0 Å². The normalized spacial score (nSPS) is 11.9. The summed E-state index contributed by atoms with van der Waals surface area (Å²) in [6, 6.07) is 21.7. The molecule has 30 heavy (non-hydrogen) atoms. The molecule has 0 heterocycles. The molecule has 3 aromatic carbocycles. The molecule has 0 radical (unpaired) electrons. The SMILES string of the molecule is Cc1ccc(S(=O)(=O)NCCN(c2ccccc2)S(=O)(=O)c2ccc(C)cc2)cc1. The third kappa shape index (κ3) is 5.08. The first-order valence-corrected chi connectivity index (χ1v) is 12.3. The Morgan fingerprint density at radius 1 is 0.700 bits per heavy atom. The molecule has 0 aromatic heterocycles. The van der Waals surface area contributed by atoms with Gasteiger partial charge in [-0.2, -0.15) is 0 Å². The van der Waals surface area contributed by atoms with E-state index in [1.807, 2.05) is 13.8 Å². The van der Waals surface area contributed by atoms with Crippen molar-refractivity contribution in [1.29, 1.82) is 0 Å². The topological polar surface area (TPSA) is 83.6 Å². The molecular weight excluding hydrogens is 420 g/mol. The summed E-state index contributed by atoms with van der Waals surface area (Å²) in [6.45, 7) is 3.63. The van der Waals surface area contributed by atoms with Crippen LogP contribution in [0.4, 0.5) is 5.69 Å². The van der Waals surface area contributed by atoms with Crippen LogP contribution in [0.3, 0.4) is 0 Å². The predicted octanol–water partition coefficient (Wildman–Crippen LogP) is 3.48. The van der Waals surface area contributed by atoms with Gasteiger partial charge in [0.05, 0.1) is 15.5 Å². The standard InChI is InChI=1S/C22H24N2O4S2/c1-18-8-12-21(13-9-18)29(25,26)23-16-17-24(20-6-4-3-5-7-20)30(27,28)22-14-10-19(2)11-15-22/h3-15,23H,16-17H2,1-2H3. The van der Waals surface area contributed by atoms with Gasteiger partial charge in [0.2, 0.25) is 10.0 Å². The molecule has 0 unspecified atom stereocenters. The summed E-state index contributed by atoms with van der Waals surface area (Å²) in [5, 5.41) is 0. The van der Waals surface area contributed by atoms with Gasteiger partial charge in [-0.1, -0.05) is 53.6 Å². The Balaban J connectivity index is 1.84. The highest BCUT2D eigenvalue weighted by Crippen LogP contribution is 2.23. The van der Waals surface area contributed by atoms with E-state index in [9.17, 15) is 16.8 Å². The zero-order chi connectivity index (χ0) is 21.8. The van der Waals surface area contributed by atoms with Crippen molar-refractivity contribution in [2.75, 3.05) is 17.4 Å². The number of sulfonamides is 2. The second-order valence-electron chi connectivity index (χ2n) is 6.94. The average molecular weight is 445 g/mol. The summed E-state index contributed by atoms with van der Waals surface area (Å²) in [5.74, 6) is 0. The molecule has 0 atom stereocenters. The van der Waals surface area contributed by atoms with Gasteiger partial charge in [0.1, 0.15) is 0 Å². The number of hydrogen-bond acceptors (Lipinski definition) is 4. The fraction of sp³-hybridized carbons (Fsp3) is 0.182. The van der Waals surface area contributed by atoms with Gasteiger partial charge in [-0.3, -0.25) is 4.31 Å². The van der Waals surface area contributed by atoms with E-state index in [4.69, 9.17) is 0 Å². The third-order valence-electron chi connectivity index (χ3n) is 4.59. The van der Waals surface area contributed by atoms with E-state index in [0.717, 1.165) is 11.1 Å². The van der Waals surface area contributed by atoms with Gasteiger partial charge in [-0.15, -0.1) is 0 Å². The summed E-state index contributed by atoms with van der Waals surface area (Å²) in [4.78, 5) is 0.291. The first-order chi connectivity index (χ1) is 14.2. The number of para-hydroxylation sites is 1. The van der Waals surface area contributed by atoms with Crippen LogP contribution in [0.2, 0.25) is 0 Å². The minimum absolute atomic E-state index is 0.0503. The Morgan fingerprint density at radius 2 is 1.20 bits per heavy atom. The molecule has 0 fully saturated rings. The van der Waals surface area contributed by atoms with Crippen LogP contribution in [0.15, 0.2) is 88.7 Å². The molecule has 158 valence electrons. The number of anilines is 1. The van der Waals surface area contributed by atoms with E-state index in [-0.39, 0.29) is 22.9 Å². The highest BCUT2D eigenvalue weighted by Gasteiger charge is 2.25. The maximum Gasteiger partial charge on any atom is 0.264 e. The Labute approximate surface area is 178 Å². The minimum atomic E-state index is -3.86. The summed E-state index contributed by atoms with van der Waals surface area (Å²) in [5.41, 5.74) is 2.37. The molecule has 0 saturated carbocycles. The van der Waals surface area contributed by atoms with Crippen molar-refractivity contribution in [3.8, 4) is 0 Å². The Kier molecular flexibility index (Phi) is 6.60. The van der Waals surface area contributed by atoms with Crippen molar-refractivity contribution in [3.63, 3.8) is 0 Å². The molecule has 0 aliphatic rings. The second kappa shape index (κ2) is 8.99. The van der Waals surface area contributed by atoms with Crippen LogP contribution in [0, 0.1) is 13.8 Å². The Bertz CT molecular complexity index is 1190. The molecule has 0 amide bonds.